The minimum atomic E-state index is -0.302. The number of aryl methyl sites for hydroxylation is 2. The van der Waals surface area contributed by atoms with Gasteiger partial charge >= 0.3 is 0 Å². The van der Waals surface area contributed by atoms with Crippen LogP contribution in [0.15, 0.2) is 5.38 Å². The van der Waals surface area contributed by atoms with Gasteiger partial charge in [0.15, 0.2) is 5.82 Å². The largest absolute Gasteiger partial charge is 0.363 e. The molecule has 26 heavy (non-hydrogen) atoms. The lowest BCUT2D eigenvalue weighted by molar-refractivity contribution is -0.132. The van der Waals surface area contributed by atoms with Crippen molar-refractivity contribution in [1.29, 1.82) is 0 Å². The van der Waals surface area contributed by atoms with Gasteiger partial charge in [0.1, 0.15) is 18.0 Å². The molecule has 2 aliphatic rings. The molecule has 0 saturated carbocycles. The SMILES string of the molecule is CCCCc1nnc2n1CC1(CCN(C(=O)Cc3csc(C)n3)C1)OC2. The molecule has 1 unspecified atom stereocenters. The third-order valence-corrected chi connectivity index (χ3v) is 6.10. The highest BCUT2D eigenvalue weighted by atomic mass is 32.1. The Labute approximate surface area is 157 Å². The monoisotopic (exact) mass is 375 g/mol. The lowest BCUT2D eigenvalue weighted by Gasteiger charge is -2.34. The molecule has 0 N–H and O–H groups in total. The van der Waals surface area contributed by atoms with E-state index in [2.05, 4.69) is 26.7 Å². The average Bonchev–Trinajstić information content (AvgIpc) is 3.33. The minimum absolute atomic E-state index is 0.136. The Hall–Kier alpha value is -1.80. The molecular weight excluding hydrogens is 350 g/mol. The van der Waals surface area contributed by atoms with Gasteiger partial charge in [0.25, 0.3) is 0 Å². The highest BCUT2D eigenvalue weighted by molar-refractivity contribution is 7.09. The zero-order chi connectivity index (χ0) is 18.1. The van der Waals surface area contributed by atoms with Gasteiger partial charge in [-0.3, -0.25) is 4.79 Å². The predicted octanol–water partition coefficient (Wildman–Crippen LogP) is 2.13. The molecule has 1 atom stereocenters. The molecule has 1 fully saturated rings. The third-order valence-electron chi connectivity index (χ3n) is 5.28. The minimum Gasteiger partial charge on any atom is -0.363 e. The van der Waals surface area contributed by atoms with Gasteiger partial charge in [-0.15, -0.1) is 21.5 Å². The number of likely N-dealkylation sites (tertiary alicyclic amines) is 1. The zero-order valence-corrected chi connectivity index (χ0v) is 16.2. The summed E-state index contributed by atoms with van der Waals surface area (Å²) >= 11 is 1.59. The molecular formula is C18H25N5O2S. The van der Waals surface area contributed by atoms with E-state index in [0.717, 1.165) is 61.1 Å². The summed E-state index contributed by atoms with van der Waals surface area (Å²) in [6.07, 6.45) is 4.44. The van der Waals surface area contributed by atoms with Crippen molar-refractivity contribution in [1.82, 2.24) is 24.6 Å². The van der Waals surface area contributed by atoms with Gasteiger partial charge in [-0.1, -0.05) is 13.3 Å². The van der Waals surface area contributed by atoms with Crippen molar-refractivity contribution >= 4 is 17.2 Å². The molecule has 2 aromatic rings. The van der Waals surface area contributed by atoms with E-state index in [1.807, 2.05) is 17.2 Å². The lowest BCUT2D eigenvalue weighted by Crippen LogP contribution is -2.45. The van der Waals surface area contributed by atoms with Crippen molar-refractivity contribution in [3.05, 3.63) is 27.7 Å². The Morgan fingerprint density at radius 3 is 3.04 bits per heavy atom. The molecule has 1 saturated heterocycles. The number of hydrogen-bond donors (Lipinski definition) is 0. The van der Waals surface area contributed by atoms with Gasteiger partial charge in [0, 0.05) is 18.3 Å². The maximum atomic E-state index is 12.7. The van der Waals surface area contributed by atoms with Crippen LogP contribution in [0.4, 0.5) is 0 Å². The molecule has 0 bridgehead atoms. The molecule has 0 radical (unpaired) electrons. The van der Waals surface area contributed by atoms with E-state index in [0.29, 0.717) is 19.6 Å². The molecule has 0 aromatic carbocycles. The number of carbonyl (C=O) groups is 1. The normalized spacial score (nSPS) is 22.2. The Morgan fingerprint density at radius 2 is 2.27 bits per heavy atom. The first-order chi connectivity index (χ1) is 12.6. The maximum Gasteiger partial charge on any atom is 0.228 e. The van der Waals surface area contributed by atoms with Crippen LogP contribution in [0.25, 0.3) is 0 Å². The van der Waals surface area contributed by atoms with E-state index >= 15 is 0 Å². The van der Waals surface area contributed by atoms with E-state index in [9.17, 15) is 4.79 Å². The van der Waals surface area contributed by atoms with Gasteiger partial charge in [-0.2, -0.15) is 0 Å². The van der Waals surface area contributed by atoms with Crippen LogP contribution in [-0.4, -0.2) is 49.2 Å². The van der Waals surface area contributed by atoms with E-state index in [1.54, 1.807) is 11.3 Å². The summed E-state index contributed by atoms with van der Waals surface area (Å²) in [6.45, 7) is 6.75. The van der Waals surface area contributed by atoms with Crippen molar-refractivity contribution in [2.24, 2.45) is 0 Å². The van der Waals surface area contributed by atoms with Crippen LogP contribution in [0.3, 0.4) is 0 Å². The summed E-state index contributed by atoms with van der Waals surface area (Å²) in [6, 6.07) is 0. The fourth-order valence-electron chi connectivity index (χ4n) is 3.79. The van der Waals surface area contributed by atoms with Crippen LogP contribution in [0.2, 0.25) is 0 Å². The van der Waals surface area contributed by atoms with E-state index in [1.165, 1.54) is 0 Å². The molecule has 8 heteroatoms. The van der Waals surface area contributed by atoms with E-state index in [-0.39, 0.29) is 11.5 Å². The van der Waals surface area contributed by atoms with Crippen LogP contribution in [0.5, 0.6) is 0 Å². The Balaban J connectivity index is 1.43. The van der Waals surface area contributed by atoms with E-state index < -0.39 is 0 Å². The summed E-state index contributed by atoms with van der Waals surface area (Å²) in [5, 5.41) is 11.6. The van der Waals surface area contributed by atoms with Gasteiger partial charge in [-0.25, -0.2) is 4.98 Å². The molecule has 1 amide bonds. The molecule has 4 heterocycles. The van der Waals surface area contributed by atoms with Crippen LogP contribution in [-0.2, 0) is 35.5 Å². The highest BCUT2D eigenvalue weighted by Gasteiger charge is 2.44. The second-order valence-electron chi connectivity index (χ2n) is 7.29. The van der Waals surface area contributed by atoms with Crippen molar-refractivity contribution in [2.75, 3.05) is 13.1 Å². The van der Waals surface area contributed by atoms with Crippen LogP contribution in [0.1, 0.15) is 48.5 Å². The number of amides is 1. The number of hydrogen-bond acceptors (Lipinski definition) is 6. The molecule has 2 aromatic heterocycles. The molecule has 1 spiro atoms. The number of rotatable bonds is 5. The number of nitrogens with zero attached hydrogens (tertiary/aromatic N) is 5. The number of carbonyl (C=O) groups excluding carboxylic acids is 1. The summed E-state index contributed by atoms with van der Waals surface area (Å²) in [4.78, 5) is 19.0. The summed E-state index contributed by atoms with van der Waals surface area (Å²) in [7, 11) is 0. The maximum absolute atomic E-state index is 12.7. The van der Waals surface area contributed by atoms with Crippen molar-refractivity contribution in [2.45, 2.75) is 64.7 Å². The van der Waals surface area contributed by atoms with Gasteiger partial charge in [0.2, 0.25) is 5.91 Å². The van der Waals surface area contributed by atoms with Crippen molar-refractivity contribution < 1.29 is 9.53 Å². The highest BCUT2D eigenvalue weighted by Crippen LogP contribution is 2.33. The van der Waals surface area contributed by atoms with Crippen molar-refractivity contribution in [3.8, 4) is 0 Å². The molecule has 140 valence electrons. The quantitative estimate of drug-likeness (QED) is 0.800. The Kier molecular flexibility index (Phi) is 4.79. The Bertz CT molecular complexity index is 801. The number of aromatic nitrogens is 4. The first-order valence-corrected chi connectivity index (χ1v) is 10.2. The van der Waals surface area contributed by atoms with Crippen molar-refractivity contribution in [3.63, 3.8) is 0 Å². The first kappa shape index (κ1) is 17.6. The van der Waals surface area contributed by atoms with Crippen LogP contribution in [0, 0.1) is 6.92 Å². The van der Waals surface area contributed by atoms with Crippen LogP contribution >= 0.6 is 11.3 Å². The lowest BCUT2D eigenvalue weighted by atomic mass is 10.0. The predicted molar refractivity (Wildman–Crippen MR) is 97.9 cm³/mol. The molecule has 0 aliphatic carbocycles. The van der Waals surface area contributed by atoms with Gasteiger partial charge in [-0.05, 0) is 19.8 Å². The zero-order valence-electron chi connectivity index (χ0n) is 15.4. The third kappa shape index (κ3) is 3.40. The number of unbranched alkanes of at least 4 members (excludes halogenated alkanes) is 1. The molecule has 2 aliphatic heterocycles. The van der Waals surface area contributed by atoms with Gasteiger partial charge < -0.3 is 14.2 Å². The smallest absolute Gasteiger partial charge is 0.228 e. The number of ether oxygens (including phenoxy) is 1. The number of fused-ring (bicyclic) bond motifs is 1. The first-order valence-electron chi connectivity index (χ1n) is 9.32. The van der Waals surface area contributed by atoms with Gasteiger partial charge in [0.05, 0.1) is 30.2 Å². The second-order valence-corrected chi connectivity index (χ2v) is 8.36. The molecule has 4 rings (SSSR count). The Morgan fingerprint density at radius 1 is 1.38 bits per heavy atom. The average molecular weight is 375 g/mol. The summed E-state index contributed by atoms with van der Waals surface area (Å²) in [5.74, 6) is 2.09. The fourth-order valence-corrected chi connectivity index (χ4v) is 4.41. The summed E-state index contributed by atoms with van der Waals surface area (Å²) < 4.78 is 8.39. The summed E-state index contributed by atoms with van der Waals surface area (Å²) in [5.41, 5.74) is 0.565. The molecule has 7 nitrogen and oxygen atoms in total. The number of thiazole rings is 1. The topological polar surface area (TPSA) is 73.1 Å². The standard InChI is InChI=1S/C18H25N5O2S/c1-3-4-5-15-20-21-16-9-25-18(12-23(15)16)6-7-22(11-18)17(24)8-14-10-26-13(2)19-14/h10H,3-9,11-12H2,1-2H3. The fraction of sp³-hybridized carbons (Fsp3) is 0.667. The second kappa shape index (κ2) is 7.08. The van der Waals surface area contributed by atoms with Crippen LogP contribution < -0.4 is 0 Å². The van der Waals surface area contributed by atoms with E-state index in [4.69, 9.17) is 4.74 Å².